The molecule has 0 bridgehead atoms. The number of aromatic nitrogens is 2. The van der Waals surface area contributed by atoms with E-state index < -0.39 is 0 Å². The van der Waals surface area contributed by atoms with Crippen molar-refractivity contribution >= 4 is 17.3 Å². The highest BCUT2D eigenvalue weighted by atomic mass is 15.2. The first kappa shape index (κ1) is 12.6. The van der Waals surface area contributed by atoms with Crippen LogP contribution in [-0.4, -0.2) is 23.1 Å². The third kappa shape index (κ3) is 2.35. The number of hydrogen-bond acceptors (Lipinski definition) is 4. The zero-order valence-electron chi connectivity index (χ0n) is 12.3. The highest BCUT2D eigenvalue weighted by Crippen LogP contribution is 2.40. The van der Waals surface area contributed by atoms with Crippen LogP contribution in [0.1, 0.15) is 37.1 Å². The Kier molecular flexibility index (Phi) is 3.02. The number of rotatable bonds is 4. The van der Waals surface area contributed by atoms with Gasteiger partial charge in [-0.25, -0.2) is 9.97 Å². The molecule has 4 nitrogen and oxygen atoms in total. The number of nitrogens with zero attached hydrogens (tertiary/aromatic N) is 3. The van der Waals surface area contributed by atoms with E-state index in [2.05, 4.69) is 52.5 Å². The van der Waals surface area contributed by atoms with Crippen LogP contribution in [0.3, 0.4) is 0 Å². The lowest BCUT2D eigenvalue weighted by atomic mass is 10.2. The average Bonchev–Trinajstić information content (AvgIpc) is 3.27. The molecule has 2 heterocycles. The molecule has 1 N–H and O–H groups in total. The summed E-state index contributed by atoms with van der Waals surface area (Å²) >= 11 is 0. The monoisotopic (exact) mass is 280 g/mol. The molecule has 2 aliphatic rings. The molecule has 21 heavy (non-hydrogen) atoms. The normalized spacial score (nSPS) is 16.9. The molecule has 1 aliphatic carbocycles. The number of benzene rings is 1. The molecule has 0 amide bonds. The van der Waals surface area contributed by atoms with Gasteiger partial charge in [-0.2, -0.15) is 0 Å². The second-order valence-electron chi connectivity index (χ2n) is 5.80. The first-order valence-corrected chi connectivity index (χ1v) is 7.83. The van der Waals surface area contributed by atoms with Crippen LogP contribution in [0.15, 0.2) is 30.3 Å². The number of para-hydroxylation sites is 1. The van der Waals surface area contributed by atoms with Crippen molar-refractivity contribution in [2.75, 3.05) is 23.3 Å². The molecule has 1 aliphatic heterocycles. The third-order valence-electron chi connectivity index (χ3n) is 4.19. The van der Waals surface area contributed by atoms with Gasteiger partial charge in [-0.05, 0) is 37.8 Å². The van der Waals surface area contributed by atoms with Crippen LogP contribution in [0.5, 0.6) is 0 Å². The highest BCUT2D eigenvalue weighted by Gasteiger charge is 2.29. The lowest BCUT2D eigenvalue weighted by Gasteiger charge is -2.20. The molecule has 0 spiro atoms. The van der Waals surface area contributed by atoms with E-state index in [9.17, 15) is 0 Å². The zero-order valence-corrected chi connectivity index (χ0v) is 12.3. The highest BCUT2D eigenvalue weighted by molar-refractivity contribution is 5.69. The van der Waals surface area contributed by atoms with Gasteiger partial charge in [-0.3, -0.25) is 0 Å². The Morgan fingerprint density at radius 2 is 2.10 bits per heavy atom. The smallest absolute Gasteiger partial charge is 0.138 e. The lowest BCUT2D eigenvalue weighted by molar-refractivity contribution is 0.892. The topological polar surface area (TPSA) is 41.0 Å². The van der Waals surface area contributed by atoms with Crippen molar-refractivity contribution < 1.29 is 0 Å². The summed E-state index contributed by atoms with van der Waals surface area (Å²) in [6.45, 7) is 3.99. The molecule has 1 saturated carbocycles. The van der Waals surface area contributed by atoms with Crippen molar-refractivity contribution in [3.05, 3.63) is 41.7 Å². The van der Waals surface area contributed by atoms with Crippen LogP contribution in [-0.2, 0) is 6.42 Å². The minimum atomic E-state index is 0.570. The van der Waals surface area contributed by atoms with Crippen LogP contribution in [0.25, 0.3) is 0 Å². The van der Waals surface area contributed by atoms with Crippen LogP contribution in [0.2, 0.25) is 0 Å². The van der Waals surface area contributed by atoms with E-state index in [-0.39, 0.29) is 0 Å². The van der Waals surface area contributed by atoms with E-state index in [0.717, 1.165) is 37.0 Å². The van der Waals surface area contributed by atoms with Gasteiger partial charge in [0.15, 0.2) is 0 Å². The minimum Gasteiger partial charge on any atom is -0.370 e. The Hall–Kier alpha value is -2.10. The summed E-state index contributed by atoms with van der Waals surface area (Å²) < 4.78 is 0. The third-order valence-corrected chi connectivity index (χ3v) is 4.19. The van der Waals surface area contributed by atoms with E-state index in [0.29, 0.717) is 5.92 Å². The van der Waals surface area contributed by atoms with Gasteiger partial charge in [-0.1, -0.05) is 18.2 Å². The fourth-order valence-corrected chi connectivity index (χ4v) is 2.96. The van der Waals surface area contributed by atoms with Crippen molar-refractivity contribution in [3.63, 3.8) is 0 Å². The maximum absolute atomic E-state index is 4.83. The second-order valence-corrected chi connectivity index (χ2v) is 5.80. The molecule has 0 unspecified atom stereocenters. The van der Waals surface area contributed by atoms with Gasteiger partial charge in [0.1, 0.15) is 17.5 Å². The standard InChI is InChI=1S/C17H20N4/c1-2-18-15-11-16(20-17(19-15)13-7-8-13)21-10-9-12-5-3-4-6-14(12)21/h3-6,11,13H,2,7-10H2,1H3,(H,18,19,20). The predicted octanol–water partition coefficient (Wildman–Crippen LogP) is 3.48. The summed E-state index contributed by atoms with van der Waals surface area (Å²) in [4.78, 5) is 11.8. The van der Waals surface area contributed by atoms with Gasteiger partial charge in [0.25, 0.3) is 0 Å². The molecule has 0 saturated heterocycles. The molecular weight excluding hydrogens is 260 g/mol. The number of nitrogens with one attached hydrogen (secondary N) is 1. The van der Waals surface area contributed by atoms with E-state index in [4.69, 9.17) is 4.98 Å². The van der Waals surface area contributed by atoms with Crippen molar-refractivity contribution in [1.82, 2.24) is 9.97 Å². The van der Waals surface area contributed by atoms with E-state index >= 15 is 0 Å². The number of fused-ring (bicyclic) bond motifs is 1. The maximum atomic E-state index is 4.83. The van der Waals surface area contributed by atoms with Crippen molar-refractivity contribution in [1.29, 1.82) is 0 Å². The average molecular weight is 280 g/mol. The SMILES string of the molecule is CCNc1cc(N2CCc3ccccc32)nc(C2CC2)n1. The fraction of sp³-hybridized carbons (Fsp3) is 0.412. The Bertz CT molecular complexity index is 664. The Balaban J connectivity index is 1.74. The summed E-state index contributed by atoms with van der Waals surface area (Å²) in [7, 11) is 0. The molecule has 0 atom stereocenters. The van der Waals surface area contributed by atoms with Crippen LogP contribution in [0.4, 0.5) is 17.3 Å². The summed E-state index contributed by atoms with van der Waals surface area (Å²) in [5, 5.41) is 3.34. The summed E-state index contributed by atoms with van der Waals surface area (Å²) in [5.74, 6) is 3.56. The lowest BCUT2D eigenvalue weighted by Crippen LogP contribution is -2.17. The Morgan fingerprint density at radius 3 is 2.90 bits per heavy atom. The summed E-state index contributed by atoms with van der Waals surface area (Å²) in [6.07, 6.45) is 3.55. The molecule has 4 rings (SSSR count). The summed E-state index contributed by atoms with van der Waals surface area (Å²) in [6, 6.07) is 10.7. The predicted molar refractivity (Wildman–Crippen MR) is 85.3 cm³/mol. The molecule has 4 heteroatoms. The Labute approximate surface area is 125 Å². The Morgan fingerprint density at radius 1 is 1.24 bits per heavy atom. The first-order valence-electron chi connectivity index (χ1n) is 7.83. The van der Waals surface area contributed by atoms with E-state index in [1.54, 1.807) is 0 Å². The van der Waals surface area contributed by atoms with Gasteiger partial charge in [-0.15, -0.1) is 0 Å². The van der Waals surface area contributed by atoms with Crippen LogP contribution >= 0.6 is 0 Å². The van der Waals surface area contributed by atoms with Crippen molar-refractivity contribution in [3.8, 4) is 0 Å². The molecule has 1 aromatic carbocycles. The molecule has 2 aromatic rings. The minimum absolute atomic E-state index is 0.570. The zero-order chi connectivity index (χ0) is 14.2. The fourth-order valence-electron chi connectivity index (χ4n) is 2.96. The quantitative estimate of drug-likeness (QED) is 0.931. The first-order chi connectivity index (χ1) is 10.3. The van der Waals surface area contributed by atoms with Crippen molar-refractivity contribution in [2.24, 2.45) is 0 Å². The van der Waals surface area contributed by atoms with Gasteiger partial charge in [0.05, 0.1) is 0 Å². The molecule has 0 radical (unpaired) electrons. The molecular formula is C17H20N4. The molecule has 108 valence electrons. The maximum Gasteiger partial charge on any atom is 0.138 e. The number of hydrogen-bond donors (Lipinski definition) is 1. The summed E-state index contributed by atoms with van der Waals surface area (Å²) in [5.41, 5.74) is 2.70. The molecule has 1 fully saturated rings. The molecule has 1 aromatic heterocycles. The van der Waals surface area contributed by atoms with Crippen LogP contribution in [0, 0.1) is 0 Å². The van der Waals surface area contributed by atoms with E-state index in [1.807, 2.05) is 0 Å². The van der Waals surface area contributed by atoms with Gasteiger partial charge < -0.3 is 10.2 Å². The van der Waals surface area contributed by atoms with Crippen LogP contribution < -0.4 is 10.2 Å². The van der Waals surface area contributed by atoms with E-state index in [1.165, 1.54) is 24.1 Å². The largest absolute Gasteiger partial charge is 0.370 e. The van der Waals surface area contributed by atoms with Gasteiger partial charge in [0.2, 0.25) is 0 Å². The van der Waals surface area contributed by atoms with Gasteiger partial charge >= 0.3 is 0 Å². The van der Waals surface area contributed by atoms with Crippen molar-refractivity contribution in [2.45, 2.75) is 32.1 Å². The number of anilines is 3. The van der Waals surface area contributed by atoms with Gasteiger partial charge in [0, 0.05) is 30.8 Å². The second kappa shape index (κ2) is 5.02.